The van der Waals surface area contributed by atoms with E-state index in [9.17, 15) is 5.11 Å². The summed E-state index contributed by atoms with van der Waals surface area (Å²) in [5, 5.41) is 9.24. The minimum absolute atomic E-state index is 0.0968. The average Bonchev–Trinajstić information content (AvgIpc) is 2.18. The van der Waals surface area contributed by atoms with Crippen molar-refractivity contribution in [2.45, 2.75) is 19.3 Å². The summed E-state index contributed by atoms with van der Waals surface area (Å²) in [7, 11) is 0. The molecule has 0 saturated carbocycles. The lowest BCUT2D eigenvalue weighted by molar-refractivity contribution is 0.236. The van der Waals surface area contributed by atoms with Crippen LogP contribution in [0.25, 0.3) is 0 Å². The van der Waals surface area contributed by atoms with Gasteiger partial charge in [0, 0.05) is 5.41 Å². The molecule has 0 heterocycles. The number of aliphatic hydroxyl groups is 1. The van der Waals surface area contributed by atoms with Gasteiger partial charge in [-0.15, -0.1) is 6.58 Å². The number of aryl methyl sites for hydroxylation is 1. The Bertz CT molecular complexity index is 286. The molecular formula is C12H16O. The third-order valence-electron chi connectivity index (χ3n) is 2.49. The van der Waals surface area contributed by atoms with Gasteiger partial charge in [-0.2, -0.15) is 0 Å². The van der Waals surface area contributed by atoms with Gasteiger partial charge in [0.25, 0.3) is 0 Å². The van der Waals surface area contributed by atoms with Crippen LogP contribution in [0, 0.1) is 6.92 Å². The van der Waals surface area contributed by atoms with E-state index in [-0.39, 0.29) is 12.0 Å². The van der Waals surface area contributed by atoms with Gasteiger partial charge in [0.2, 0.25) is 0 Å². The van der Waals surface area contributed by atoms with E-state index in [4.69, 9.17) is 0 Å². The van der Waals surface area contributed by atoms with Crippen LogP contribution < -0.4 is 0 Å². The summed E-state index contributed by atoms with van der Waals surface area (Å²) in [6.45, 7) is 7.87. The quantitative estimate of drug-likeness (QED) is 0.701. The molecule has 1 atom stereocenters. The van der Waals surface area contributed by atoms with Gasteiger partial charge in [0.1, 0.15) is 0 Å². The lowest BCUT2D eigenvalue weighted by atomic mass is 9.83. The number of aliphatic hydroxyl groups excluding tert-OH is 1. The van der Waals surface area contributed by atoms with E-state index >= 15 is 0 Å². The molecular weight excluding hydrogens is 160 g/mol. The third kappa shape index (κ3) is 1.99. The summed E-state index contributed by atoms with van der Waals surface area (Å²) < 4.78 is 0. The van der Waals surface area contributed by atoms with Gasteiger partial charge in [0.05, 0.1) is 6.61 Å². The van der Waals surface area contributed by atoms with Gasteiger partial charge in [-0.1, -0.05) is 35.9 Å². The lowest BCUT2D eigenvalue weighted by Crippen LogP contribution is -2.23. The van der Waals surface area contributed by atoms with Crippen molar-refractivity contribution in [1.29, 1.82) is 0 Å². The Hall–Kier alpha value is -1.08. The molecule has 0 aromatic heterocycles. The molecule has 0 fully saturated rings. The largest absolute Gasteiger partial charge is 0.395 e. The number of rotatable bonds is 3. The van der Waals surface area contributed by atoms with E-state index in [0.717, 1.165) is 5.56 Å². The predicted molar refractivity (Wildman–Crippen MR) is 55.8 cm³/mol. The molecule has 1 rings (SSSR count). The molecule has 0 saturated heterocycles. The van der Waals surface area contributed by atoms with E-state index in [2.05, 4.69) is 6.58 Å². The summed E-state index contributed by atoms with van der Waals surface area (Å²) in [5.41, 5.74) is 2.02. The fourth-order valence-corrected chi connectivity index (χ4v) is 1.21. The summed E-state index contributed by atoms with van der Waals surface area (Å²) in [4.78, 5) is 0. The van der Waals surface area contributed by atoms with Crippen LogP contribution in [-0.4, -0.2) is 11.7 Å². The van der Waals surface area contributed by atoms with E-state index in [1.807, 2.05) is 38.1 Å². The topological polar surface area (TPSA) is 20.2 Å². The molecule has 0 bridgehead atoms. The first-order valence-corrected chi connectivity index (χ1v) is 4.44. The molecule has 1 aromatic rings. The summed E-state index contributed by atoms with van der Waals surface area (Å²) in [6.07, 6.45) is 1.79. The maximum atomic E-state index is 9.24. The van der Waals surface area contributed by atoms with Crippen molar-refractivity contribution in [2.24, 2.45) is 0 Å². The molecule has 0 aliphatic heterocycles. The van der Waals surface area contributed by atoms with Crippen molar-refractivity contribution in [3.05, 3.63) is 48.0 Å². The fourth-order valence-electron chi connectivity index (χ4n) is 1.21. The average molecular weight is 176 g/mol. The van der Waals surface area contributed by atoms with Gasteiger partial charge in [-0.3, -0.25) is 0 Å². The van der Waals surface area contributed by atoms with Crippen molar-refractivity contribution in [3.8, 4) is 0 Å². The highest BCUT2D eigenvalue weighted by Gasteiger charge is 2.20. The van der Waals surface area contributed by atoms with Crippen molar-refractivity contribution >= 4 is 0 Å². The van der Waals surface area contributed by atoms with Crippen LogP contribution in [-0.2, 0) is 5.41 Å². The molecule has 1 N–H and O–H groups in total. The van der Waals surface area contributed by atoms with E-state index in [1.165, 1.54) is 5.56 Å². The second-order valence-electron chi connectivity index (χ2n) is 3.65. The van der Waals surface area contributed by atoms with Crippen LogP contribution in [0.3, 0.4) is 0 Å². The Balaban J connectivity index is 3.06. The second-order valence-corrected chi connectivity index (χ2v) is 3.65. The molecule has 0 aliphatic rings. The standard InChI is InChI=1S/C12H16O/c1-4-12(3,9-13)11-7-5-10(2)6-8-11/h4-8,13H,1,9H2,2-3H3. The van der Waals surface area contributed by atoms with Gasteiger partial charge in [-0.05, 0) is 19.4 Å². The molecule has 1 unspecified atom stereocenters. The zero-order valence-electron chi connectivity index (χ0n) is 8.25. The zero-order valence-corrected chi connectivity index (χ0v) is 8.25. The third-order valence-corrected chi connectivity index (χ3v) is 2.49. The molecule has 0 amide bonds. The molecule has 1 nitrogen and oxygen atoms in total. The van der Waals surface area contributed by atoms with Crippen molar-refractivity contribution in [2.75, 3.05) is 6.61 Å². The molecule has 0 aliphatic carbocycles. The predicted octanol–water partition coefficient (Wildman–Crippen LogP) is 2.43. The smallest absolute Gasteiger partial charge is 0.0559 e. The van der Waals surface area contributed by atoms with Crippen LogP contribution in [0.1, 0.15) is 18.1 Å². The highest BCUT2D eigenvalue weighted by Crippen LogP contribution is 2.24. The van der Waals surface area contributed by atoms with Crippen LogP contribution in [0.4, 0.5) is 0 Å². The van der Waals surface area contributed by atoms with Crippen LogP contribution in [0.5, 0.6) is 0 Å². The van der Waals surface area contributed by atoms with Gasteiger partial charge in [0.15, 0.2) is 0 Å². The molecule has 70 valence electrons. The van der Waals surface area contributed by atoms with Crippen LogP contribution in [0.15, 0.2) is 36.9 Å². The van der Waals surface area contributed by atoms with E-state index in [0.29, 0.717) is 0 Å². The molecule has 1 aromatic carbocycles. The Morgan fingerprint density at radius 3 is 2.31 bits per heavy atom. The molecule has 0 radical (unpaired) electrons. The maximum Gasteiger partial charge on any atom is 0.0559 e. The first kappa shape index (κ1) is 10.0. The summed E-state index contributed by atoms with van der Waals surface area (Å²) >= 11 is 0. The summed E-state index contributed by atoms with van der Waals surface area (Å²) in [5.74, 6) is 0. The number of hydrogen-bond acceptors (Lipinski definition) is 1. The molecule has 13 heavy (non-hydrogen) atoms. The number of hydrogen-bond donors (Lipinski definition) is 1. The Labute approximate surface area is 79.7 Å². The lowest BCUT2D eigenvalue weighted by Gasteiger charge is -2.23. The molecule has 0 spiro atoms. The number of benzene rings is 1. The Morgan fingerprint density at radius 2 is 1.92 bits per heavy atom. The van der Waals surface area contributed by atoms with Crippen LogP contribution >= 0.6 is 0 Å². The zero-order chi connectivity index (χ0) is 9.90. The SMILES string of the molecule is C=CC(C)(CO)c1ccc(C)cc1. The van der Waals surface area contributed by atoms with E-state index < -0.39 is 0 Å². The summed E-state index contributed by atoms with van der Waals surface area (Å²) in [6, 6.07) is 8.17. The van der Waals surface area contributed by atoms with Crippen molar-refractivity contribution in [1.82, 2.24) is 0 Å². The Morgan fingerprint density at radius 1 is 1.38 bits per heavy atom. The first-order chi connectivity index (χ1) is 6.12. The van der Waals surface area contributed by atoms with E-state index in [1.54, 1.807) is 6.08 Å². The monoisotopic (exact) mass is 176 g/mol. The highest BCUT2D eigenvalue weighted by atomic mass is 16.3. The maximum absolute atomic E-state index is 9.24. The molecule has 1 heteroatoms. The van der Waals surface area contributed by atoms with Gasteiger partial charge < -0.3 is 5.11 Å². The second kappa shape index (κ2) is 3.75. The normalized spacial score (nSPS) is 15.0. The van der Waals surface area contributed by atoms with Gasteiger partial charge >= 0.3 is 0 Å². The van der Waals surface area contributed by atoms with Crippen molar-refractivity contribution in [3.63, 3.8) is 0 Å². The van der Waals surface area contributed by atoms with Crippen LogP contribution in [0.2, 0.25) is 0 Å². The Kier molecular flexibility index (Phi) is 2.89. The fraction of sp³-hybridized carbons (Fsp3) is 0.333. The first-order valence-electron chi connectivity index (χ1n) is 4.44. The van der Waals surface area contributed by atoms with Crippen molar-refractivity contribution < 1.29 is 5.11 Å². The highest BCUT2D eigenvalue weighted by molar-refractivity contribution is 5.31. The minimum atomic E-state index is -0.312. The minimum Gasteiger partial charge on any atom is -0.395 e. The van der Waals surface area contributed by atoms with Gasteiger partial charge in [-0.25, -0.2) is 0 Å².